The van der Waals surface area contributed by atoms with Gasteiger partial charge in [-0.1, -0.05) is 31.4 Å². The highest BCUT2D eigenvalue weighted by molar-refractivity contribution is 5.33. The molecule has 5 nitrogen and oxygen atoms in total. The number of hydrogen-bond donors (Lipinski definition) is 1. The number of hydrogen-bond acceptors (Lipinski definition) is 4. The molecule has 0 unspecified atom stereocenters. The lowest BCUT2D eigenvalue weighted by Gasteiger charge is -2.46. The van der Waals surface area contributed by atoms with Gasteiger partial charge in [-0.3, -0.25) is 9.80 Å². The minimum absolute atomic E-state index is 0.292. The molecule has 146 valence electrons. The average molecular weight is 369 g/mol. The lowest BCUT2D eigenvalue weighted by atomic mass is 9.91. The molecule has 5 heteroatoms. The van der Waals surface area contributed by atoms with Crippen molar-refractivity contribution in [1.29, 1.82) is 0 Å². The van der Waals surface area contributed by atoms with Crippen molar-refractivity contribution in [3.63, 3.8) is 0 Å². The monoisotopic (exact) mass is 368 g/mol. The standard InChI is InChI=1S/C22H32N4O/c27-16-11-22-18-24(14-15-25(22)20-5-2-1-3-6-20)17-19-7-9-21(10-8-19)26-13-4-12-23-26/h4,7-10,12-13,20,22,27H,1-3,5-6,11,14-18H2/t22-/m0/s1. The number of rotatable bonds is 6. The Kier molecular flexibility index (Phi) is 6.22. The van der Waals surface area contributed by atoms with Crippen molar-refractivity contribution in [3.8, 4) is 5.69 Å². The van der Waals surface area contributed by atoms with Gasteiger partial charge in [-0.2, -0.15) is 5.10 Å². The molecule has 2 aliphatic rings. The van der Waals surface area contributed by atoms with Gasteiger partial charge < -0.3 is 5.11 Å². The van der Waals surface area contributed by atoms with Gasteiger partial charge in [-0.25, -0.2) is 4.68 Å². The smallest absolute Gasteiger partial charge is 0.0645 e. The van der Waals surface area contributed by atoms with Crippen LogP contribution in [0.15, 0.2) is 42.7 Å². The van der Waals surface area contributed by atoms with Crippen molar-refractivity contribution < 1.29 is 5.11 Å². The van der Waals surface area contributed by atoms with Crippen LogP contribution in [-0.2, 0) is 6.54 Å². The second-order valence-electron chi connectivity index (χ2n) is 8.05. The number of aromatic nitrogens is 2. The van der Waals surface area contributed by atoms with Crippen LogP contribution in [0.5, 0.6) is 0 Å². The number of benzene rings is 1. The van der Waals surface area contributed by atoms with Gasteiger partial charge >= 0.3 is 0 Å². The van der Waals surface area contributed by atoms with Crippen molar-refractivity contribution in [2.45, 2.75) is 57.2 Å². The molecule has 1 saturated heterocycles. The van der Waals surface area contributed by atoms with E-state index < -0.39 is 0 Å². The van der Waals surface area contributed by atoms with Crippen LogP contribution in [-0.4, -0.2) is 63.0 Å². The molecule has 0 radical (unpaired) electrons. The zero-order chi connectivity index (χ0) is 18.5. The number of piperazine rings is 1. The van der Waals surface area contributed by atoms with E-state index in [9.17, 15) is 5.11 Å². The molecule has 1 aliphatic heterocycles. The van der Waals surface area contributed by atoms with Crippen LogP contribution < -0.4 is 0 Å². The lowest BCUT2D eigenvalue weighted by molar-refractivity contribution is 0.0137. The van der Waals surface area contributed by atoms with E-state index in [0.29, 0.717) is 12.6 Å². The molecule has 2 aromatic rings. The fourth-order valence-corrected chi connectivity index (χ4v) is 4.81. The summed E-state index contributed by atoms with van der Waals surface area (Å²) in [5.41, 5.74) is 2.45. The van der Waals surface area contributed by atoms with Crippen LogP contribution >= 0.6 is 0 Å². The summed E-state index contributed by atoms with van der Waals surface area (Å²) >= 11 is 0. The Balaban J connectivity index is 1.37. The zero-order valence-corrected chi connectivity index (χ0v) is 16.2. The molecule has 4 rings (SSSR count). The second-order valence-corrected chi connectivity index (χ2v) is 8.05. The number of aliphatic hydroxyl groups is 1. The molecule has 0 bridgehead atoms. The second kappa shape index (κ2) is 9.00. The quantitative estimate of drug-likeness (QED) is 0.851. The summed E-state index contributed by atoms with van der Waals surface area (Å²) in [6.07, 6.45) is 11.5. The summed E-state index contributed by atoms with van der Waals surface area (Å²) in [6.45, 7) is 4.61. The maximum absolute atomic E-state index is 9.58. The zero-order valence-electron chi connectivity index (χ0n) is 16.2. The van der Waals surface area contributed by atoms with Crippen LogP contribution in [0.25, 0.3) is 5.69 Å². The van der Waals surface area contributed by atoms with E-state index in [-0.39, 0.29) is 0 Å². The van der Waals surface area contributed by atoms with E-state index >= 15 is 0 Å². The molecule has 1 N–H and O–H groups in total. The summed E-state index contributed by atoms with van der Waals surface area (Å²) in [4.78, 5) is 5.27. The van der Waals surface area contributed by atoms with E-state index in [1.165, 1.54) is 37.7 Å². The van der Waals surface area contributed by atoms with Crippen LogP contribution in [0.1, 0.15) is 44.1 Å². The van der Waals surface area contributed by atoms with E-state index in [0.717, 1.165) is 44.3 Å². The highest BCUT2D eigenvalue weighted by Gasteiger charge is 2.32. The molecule has 27 heavy (non-hydrogen) atoms. The Morgan fingerprint density at radius 2 is 1.85 bits per heavy atom. The SMILES string of the molecule is OCC[C@H]1CN(Cc2ccc(-n3cccn3)cc2)CCN1C1CCCCC1. The number of aliphatic hydroxyl groups excluding tert-OH is 1. The van der Waals surface area contributed by atoms with Gasteiger partial charge in [-0.15, -0.1) is 0 Å². The minimum atomic E-state index is 0.292. The molecule has 1 atom stereocenters. The van der Waals surface area contributed by atoms with Gasteiger partial charge in [0, 0.05) is 57.3 Å². The molecule has 1 aromatic heterocycles. The summed E-state index contributed by atoms with van der Waals surface area (Å²) in [7, 11) is 0. The summed E-state index contributed by atoms with van der Waals surface area (Å²) in [5, 5.41) is 13.9. The topological polar surface area (TPSA) is 44.5 Å². The van der Waals surface area contributed by atoms with Crippen LogP contribution in [0, 0.1) is 0 Å². The fraction of sp³-hybridized carbons (Fsp3) is 0.591. The van der Waals surface area contributed by atoms with E-state index in [1.54, 1.807) is 6.20 Å². The predicted octanol–water partition coefficient (Wildman–Crippen LogP) is 3.07. The largest absolute Gasteiger partial charge is 0.396 e. The maximum Gasteiger partial charge on any atom is 0.0645 e. The Labute approximate surface area is 162 Å². The first-order chi connectivity index (χ1) is 13.3. The Hall–Kier alpha value is -1.69. The molecular weight excluding hydrogens is 336 g/mol. The van der Waals surface area contributed by atoms with Crippen LogP contribution in [0.3, 0.4) is 0 Å². The molecule has 1 aromatic carbocycles. The van der Waals surface area contributed by atoms with Crippen molar-refractivity contribution in [2.24, 2.45) is 0 Å². The summed E-state index contributed by atoms with van der Waals surface area (Å²) in [5.74, 6) is 0. The first-order valence-corrected chi connectivity index (χ1v) is 10.5. The Bertz CT molecular complexity index is 679. The normalized spacial score (nSPS) is 22.9. The molecule has 0 amide bonds. The molecule has 2 heterocycles. The van der Waals surface area contributed by atoms with Gasteiger partial charge in [0.25, 0.3) is 0 Å². The Morgan fingerprint density at radius 3 is 2.56 bits per heavy atom. The first kappa shape index (κ1) is 18.7. The minimum Gasteiger partial charge on any atom is -0.396 e. The van der Waals surface area contributed by atoms with Gasteiger partial charge in [-0.05, 0) is 43.0 Å². The van der Waals surface area contributed by atoms with E-state index in [4.69, 9.17) is 0 Å². The third-order valence-corrected chi connectivity index (χ3v) is 6.23. The van der Waals surface area contributed by atoms with Crippen LogP contribution in [0.4, 0.5) is 0 Å². The van der Waals surface area contributed by atoms with E-state index in [1.807, 2.05) is 16.9 Å². The third kappa shape index (κ3) is 4.60. The van der Waals surface area contributed by atoms with Gasteiger partial charge in [0.05, 0.1) is 5.69 Å². The van der Waals surface area contributed by atoms with Crippen molar-refractivity contribution >= 4 is 0 Å². The fourth-order valence-electron chi connectivity index (χ4n) is 4.81. The highest BCUT2D eigenvalue weighted by atomic mass is 16.3. The Morgan fingerprint density at radius 1 is 1.04 bits per heavy atom. The number of nitrogens with zero attached hydrogens (tertiary/aromatic N) is 4. The molecule has 0 spiro atoms. The van der Waals surface area contributed by atoms with Gasteiger partial charge in [0.1, 0.15) is 0 Å². The van der Waals surface area contributed by atoms with E-state index in [2.05, 4.69) is 39.2 Å². The third-order valence-electron chi connectivity index (χ3n) is 6.23. The average Bonchev–Trinajstić information content (AvgIpc) is 3.25. The van der Waals surface area contributed by atoms with Crippen molar-refractivity contribution in [2.75, 3.05) is 26.2 Å². The molecule has 1 aliphatic carbocycles. The summed E-state index contributed by atoms with van der Waals surface area (Å²) in [6, 6.07) is 11.9. The first-order valence-electron chi connectivity index (χ1n) is 10.5. The van der Waals surface area contributed by atoms with Gasteiger partial charge in [0.15, 0.2) is 0 Å². The molecular formula is C22H32N4O. The molecule has 2 fully saturated rings. The summed E-state index contributed by atoms with van der Waals surface area (Å²) < 4.78 is 1.89. The highest BCUT2D eigenvalue weighted by Crippen LogP contribution is 2.27. The van der Waals surface area contributed by atoms with Crippen molar-refractivity contribution in [1.82, 2.24) is 19.6 Å². The molecule has 1 saturated carbocycles. The van der Waals surface area contributed by atoms with Crippen LogP contribution in [0.2, 0.25) is 0 Å². The van der Waals surface area contributed by atoms with Crippen molar-refractivity contribution in [3.05, 3.63) is 48.3 Å². The lowest BCUT2D eigenvalue weighted by Crippen LogP contribution is -2.56. The van der Waals surface area contributed by atoms with Gasteiger partial charge in [0.2, 0.25) is 0 Å². The predicted molar refractivity (Wildman–Crippen MR) is 108 cm³/mol. The maximum atomic E-state index is 9.58.